The molecule has 2 heteroatoms. The molecular formula is C6H13NO. The van der Waals surface area contributed by atoms with Gasteiger partial charge in [-0.3, -0.25) is 0 Å². The zero-order chi connectivity index (χ0) is 6.20. The summed E-state index contributed by atoms with van der Waals surface area (Å²) in [7, 11) is 0. The quantitative estimate of drug-likeness (QED) is 0.509. The van der Waals surface area contributed by atoms with E-state index in [1.165, 1.54) is 6.42 Å². The Bertz CT molecular complexity index is 90.5. The van der Waals surface area contributed by atoms with Gasteiger partial charge in [0.25, 0.3) is 0 Å². The normalized spacial score (nSPS) is 46.1. The van der Waals surface area contributed by atoms with E-state index in [1.807, 2.05) is 0 Å². The molecule has 0 aromatic heterocycles. The van der Waals surface area contributed by atoms with Crippen LogP contribution in [-0.2, 0) is 0 Å². The first kappa shape index (κ1) is 6.05. The van der Waals surface area contributed by atoms with Crippen molar-refractivity contribution in [2.75, 3.05) is 6.61 Å². The lowest BCUT2D eigenvalue weighted by atomic mass is 9.69. The summed E-state index contributed by atoms with van der Waals surface area (Å²) < 4.78 is 0. The van der Waals surface area contributed by atoms with E-state index >= 15 is 0 Å². The molecule has 48 valence electrons. The van der Waals surface area contributed by atoms with E-state index in [2.05, 4.69) is 6.92 Å². The Kier molecular flexibility index (Phi) is 1.29. The summed E-state index contributed by atoms with van der Waals surface area (Å²) >= 11 is 0. The first-order valence-corrected chi connectivity index (χ1v) is 3.09. The second kappa shape index (κ2) is 1.71. The van der Waals surface area contributed by atoms with E-state index in [-0.39, 0.29) is 12.1 Å². The maximum Gasteiger partial charge on any atom is 0.0613 e. The molecule has 1 fully saturated rings. The molecule has 3 N–H and O–H groups in total. The summed E-state index contributed by atoms with van der Waals surface area (Å²) in [6.07, 6.45) is 2.17. The maximum atomic E-state index is 8.69. The molecule has 1 saturated carbocycles. The Morgan fingerprint density at radius 2 is 2.50 bits per heavy atom. The van der Waals surface area contributed by atoms with Crippen molar-refractivity contribution in [3.8, 4) is 0 Å². The topological polar surface area (TPSA) is 46.2 Å². The molecule has 8 heavy (non-hydrogen) atoms. The van der Waals surface area contributed by atoms with Crippen LogP contribution in [0.4, 0.5) is 0 Å². The third-order valence-electron chi connectivity index (χ3n) is 2.32. The molecular weight excluding hydrogens is 102 g/mol. The second-order valence-electron chi connectivity index (χ2n) is 2.83. The predicted molar refractivity (Wildman–Crippen MR) is 32.4 cm³/mol. The SMILES string of the molecule is CC1CCC1(N)CO. The van der Waals surface area contributed by atoms with Gasteiger partial charge in [0.2, 0.25) is 0 Å². The third-order valence-corrected chi connectivity index (χ3v) is 2.32. The molecule has 1 aliphatic carbocycles. The molecule has 0 bridgehead atoms. The lowest BCUT2D eigenvalue weighted by Gasteiger charge is -2.43. The Morgan fingerprint density at radius 1 is 1.88 bits per heavy atom. The summed E-state index contributed by atoms with van der Waals surface area (Å²) in [5.74, 6) is 0.521. The Morgan fingerprint density at radius 3 is 2.50 bits per heavy atom. The maximum absolute atomic E-state index is 8.69. The van der Waals surface area contributed by atoms with Gasteiger partial charge in [0.15, 0.2) is 0 Å². The molecule has 0 aromatic rings. The summed E-state index contributed by atoms with van der Waals surface area (Å²) in [6, 6.07) is 0. The van der Waals surface area contributed by atoms with Crippen LogP contribution in [-0.4, -0.2) is 17.3 Å². The highest BCUT2D eigenvalue weighted by Gasteiger charge is 2.39. The number of nitrogens with two attached hydrogens (primary N) is 1. The van der Waals surface area contributed by atoms with Gasteiger partial charge in [0, 0.05) is 5.54 Å². The molecule has 0 aliphatic heterocycles. The molecule has 0 amide bonds. The van der Waals surface area contributed by atoms with Gasteiger partial charge in [0.05, 0.1) is 6.61 Å². The van der Waals surface area contributed by atoms with E-state index in [4.69, 9.17) is 10.8 Å². The van der Waals surface area contributed by atoms with Gasteiger partial charge in [-0.15, -0.1) is 0 Å². The summed E-state index contributed by atoms with van der Waals surface area (Å²) in [5, 5.41) is 8.69. The van der Waals surface area contributed by atoms with E-state index in [9.17, 15) is 0 Å². The monoisotopic (exact) mass is 115 g/mol. The van der Waals surface area contributed by atoms with Crippen LogP contribution in [0, 0.1) is 5.92 Å². The van der Waals surface area contributed by atoms with Crippen LogP contribution in [0.3, 0.4) is 0 Å². The first-order valence-electron chi connectivity index (χ1n) is 3.09. The van der Waals surface area contributed by atoms with Crippen LogP contribution in [0.2, 0.25) is 0 Å². The minimum absolute atomic E-state index is 0.147. The smallest absolute Gasteiger partial charge is 0.0613 e. The number of hydrogen-bond donors (Lipinski definition) is 2. The highest BCUT2D eigenvalue weighted by Crippen LogP contribution is 2.34. The van der Waals surface area contributed by atoms with Gasteiger partial charge in [0.1, 0.15) is 0 Å². The third kappa shape index (κ3) is 0.644. The highest BCUT2D eigenvalue weighted by molar-refractivity contribution is 4.97. The van der Waals surface area contributed by atoms with E-state index < -0.39 is 0 Å². The molecule has 1 aliphatic rings. The minimum atomic E-state index is -0.222. The zero-order valence-corrected chi connectivity index (χ0v) is 5.22. The van der Waals surface area contributed by atoms with Gasteiger partial charge < -0.3 is 10.8 Å². The molecule has 2 nitrogen and oxygen atoms in total. The molecule has 0 spiro atoms. The number of hydrogen-bond acceptors (Lipinski definition) is 2. The van der Waals surface area contributed by atoms with Crippen molar-refractivity contribution in [1.29, 1.82) is 0 Å². The zero-order valence-electron chi connectivity index (χ0n) is 5.22. The van der Waals surface area contributed by atoms with E-state index in [0.29, 0.717) is 5.92 Å². The lowest BCUT2D eigenvalue weighted by Crippen LogP contribution is -2.56. The average Bonchev–Trinajstić information content (AvgIpc) is 1.83. The molecule has 1 rings (SSSR count). The van der Waals surface area contributed by atoms with Gasteiger partial charge in [-0.1, -0.05) is 6.92 Å². The molecule has 0 heterocycles. The fraction of sp³-hybridized carbons (Fsp3) is 1.00. The first-order chi connectivity index (χ1) is 3.69. The summed E-state index contributed by atoms with van der Waals surface area (Å²) in [4.78, 5) is 0. The Balaban J connectivity index is 2.42. The van der Waals surface area contributed by atoms with Crippen LogP contribution in [0.1, 0.15) is 19.8 Å². The van der Waals surface area contributed by atoms with Gasteiger partial charge in [-0.25, -0.2) is 0 Å². The van der Waals surface area contributed by atoms with Crippen molar-refractivity contribution in [3.05, 3.63) is 0 Å². The molecule has 0 saturated heterocycles. The standard InChI is InChI=1S/C6H13NO/c1-5-2-3-6(5,7)4-8/h5,8H,2-4,7H2,1H3. The fourth-order valence-electron chi connectivity index (χ4n) is 1.04. The van der Waals surface area contributed by atoms with Crippen molar-refractivity contribution in [1.82, 2.24) is 0 Å². The van der Waals surface area contributed by atoms with Crippen LogP contribution < -0.4 is 5.73 Å². The van der Waals surface area contributed by atoms with E-state index in [1.54, 1.807) is 0 Å². The summed E-state index contributed by atoms with van der Waals surface area (Å²) in [5.41, 5.74) is 5.47. The lowest BCUT2D eigenvalue weighted by molar-refractivity contribution is 0.0664. The number of aliphatic hydroxyl groups is 1. The van der Waals surface area contributed by atoms with Crippen molar-refractivity contribution >= 4 is 0 Å². The van der Waals surface area contributed by atoms with Gasteiger partial charge >= 0.3 is 0 Å². The van der Waals surface area contributed by atoms with Crippen molar-refractivity contribution in [2.24, 2.45) is 11.7 Å². The van der Waals surface area contributed by atoms with Gasteiger partial charge in [-0.2, -0.15) is 0 Å². The number of rotatable bonds is 1. The van der Waals surface area contributed by atoms with Gasteiger partial charge in [-0.05, 0) is 18.8 Å². The van der Waals surface area contributed by atoms with Crippen molar-refractivity contribution in [2.45, 2.75) is 25.3 Å². The average molecular weight is 115 g/mol. The largest absolute Gasteiger partial charge is 0.394 e. The summed E-state index contributed by atoms with van der Waals surface area (Å²) in [6.45, 7) is 2.23. The van der Waals surface area contributed by atoms with Crippen LogP contribution in [0.25, 0.3) is 0 Å². The highest BCUT2D eigenvalue weighted by atomic mass is 16.3. The Labute approximate surface area is 49.7 Å². The van der Waals surface area contributed by atoms with Crippen molar-refractivity contribution in [3.63, 3.8) is 0 Å². The van der Waals surface area contributed by atoms with Crippen LogP contribution in [0.15, 0.2) is 0 Å². The van der Waals surface area contributed by atoms with Crippen molar-refractivity contribution < 1.29 is 5.11 Å². The molecule has 0 aromatic carbocycles. The minimum Gasteiger partial charge on any atom is -0.394 e. The predicted octanol–water partition coefficient (Wildman–Crippen LogP) is 0.106. The Hall–Kier alpha value is -0.0800. The fourth-order valence-corrected chi connectivity index (χ4v) is 1.04. The second-order valence-corrected chi connectivity index (χ2v) is 2.83. The van der Waals surface area contributed by atoms with E-state index in [0.717, 1.165) is 6.42 Å². The van der Waals surface area contributed by atoms with Crippen LogP contribution in [0.5, 0.6) is 0 Å². The number of aliphatic hydroxyl groups excluding tert-OH is 1. The molecule has 0 radical (unpaired) electrons. The molecule has 2 unspecified atom stereocenters. The molecule has 2 atom stereocenters. The van der Waals surface area contributed by atoms with Crippen LogP contribution >= 0.6 is 0 Å².